The van der Waals surface area contributed by atoms with Crippen LogP contribution in [0, 0.1) is 0 Å². The molecule has 0 saturated heterocycles. The van der Waals surface area contributed by atoms with Crippen LogP contribution in [0.15, 0.2) is 18.2 Å². The van der Waals surface area contributed by atoms with Crippen LogP contribution in [-0.4, -0.2) is 36.5 Å². The Hall–Kier alpha value is -1.65. The topological polar surface area (TPSA) is 86.7 Å². The predicted molar refractivity (Wildman–Crippen MR) is 65.6 cm³/mol. The zero-order chi connectivity index (χ0) is 15.8. The first-order valence-electron chi connectivity index (χ1n) is 5.75. The lowest BCUT2D eigenvalue weighted by atomic mass is 10.1. The van der Waals surface area contributed by atoms with Crippen molar-refractivity contribution in [3.8, 4) is 0 Å². The highest BCUT2D eigenvalue weighted by molar-refractivity contribution is 7.87. The Morgan fingerprint density at radius 2 is 1.90 bits per heavy atom. The average Bonchev–Trinajstić information content (AvgIpc) is 2.79. The highest BCUT2D eigenvalue weighted by Crippen LogP contribution is 2.26. The fraction of sp³-hybridized carbons (Fsp3) is 0.364. The fourth-order valence-electron chi connectivity index (χ4n) is 1.93. The van der Waals surface area contributed by atoms with Crippen molar-refractivity contribution in [1.82, 2.24) is 9.03 Å². The van der Waals surface area contributed by atoms with Crippen molar-refractivity contribution in [2.24, 2.45) is 0 Å². The molecule has 0 spiro atoms. The van der Waals surface area contributed by atoms with Gasteiger partial charge in [0.15, 0.2) is 0 Å². The SMILES string of the molecule is O=C(O)c1ccc2c(c1)CN(S(=O)(=O)NCC(F)(F)F)C2. The third-order valence-electron chi connectivity index (χ3n) is 2.94. The second kappa shape index (κ2) is 5.28. The second-order valence-corrected chi connectivity index (χ2v) is 6.25. The number of hydrogen-bond acceptors (Lipinski definition) is 3. The third kappa shape index (κ3) is 3.71. The monoisotopic (exact) mass is 324 g/mol. The quantitative estimate of drug-likeness (QED) is 0.868. The van der Waals surface area contributed by atoms with Crippen LogP contribution in [0.3, 0.4) is 0 Å². The minimum atomic E-state index is -4.64. The highest BCUT2D eigenvalue weighted by Gasteiger charge is 2.34. The first kappa shape index (κ1) is 15.7. The van der Waals surface area contributed by atoms with Crippen molar-refractivity contribution < 1.29 is 31.5 Å². The number of alkyl halides is 3. The van der Waals surface area contributed by atoms with E-state index in [1.165, 1.54) is 22.9 Å². The number of carboxylic acid groups (broad SMARTS) is 1. The van der Waals surface area contributed by atoms with E-state index in [-0.39, 0.29) is 18.7 Å². The summed E-state index contributed by atoms with van der Waals surface area (Å²) >= 11 is 0. The first-order valence-corrected chi connectivity index (χ1v) is 7.19. The molecule has 116 valence electrons. The van der Waals surface area contributed by atoms with Gasteiger partial charge in [0.05, 0.1) is 5.56 Å². The minimum absolute atomic E-state index is 0.00347. The maximum absolute atomic E-state index is 12.1. The van der Waals surface area contributed by atoms with E-state index in [2.05, 4.69) is 0 Å². The van der Waals surface area contributed by atoms with E-state index in [0.717, 1.165) is 4.31 Å². The lowest BCUT2D eigenvalue weighted by Gasteiger charge is -2.17. The molecular formula is C11H11F3N2O4S. The zero-order valence-corrected chi connectivity index (χ0v) is 11.3. The molecule has 0 fully saturated rings. The molecule has 1 aliphatic heterocycles. The summed E-state index contributed by atoms with van der Waals surface area (Å²) in [5, 5.41) is 8.85. The van der Waals surface area contributed by atoms with E-state index in [4.69, 9.17) is 5.11 Å². The summed E-state index contributed by atoms with van der Waals surface area (Å²) in [6.07, 6.45) is -4.64. The number of rotatable bonds is 4. The molecule has 1 heterocycles. The van der Waals surface area contributed by atoms with E-state index in [1.54, 1.807) is 0 Å². The molecule has 0 radical (unpaired) electrons. The molecule has 1 aromatic carbocycles. The second-order valence-electron chi connectivity index (χ2n) is 4.50. The van der Waals surface area contributed by atoms with Gasteiger partial charge in [-0.15, -0.1) is 0 Å². The average molecular weight is 324 g/mol. The Labute approximate surface area is 118 Å². The number of benzene rings is 1. The van der Waals surface area contributed by atoms with Crippen molar-refractivity contribution >= 4 is 16.2 Å². The number of nitrogens with one attached hydrogen (secondary N) is 1. The van der Waals surface area contributed by atoms with E-state index >= 15 is 0 Å². The molecule has 2 rings (SSSR count). The highest BCUT2D eigenvalue weighted by atomic mass is 32.2. The van der Waals surface area contributed by atoms with Crippen molar-refractivity contribution in [3.63, 3.8) is 0 Å². The minimum Gasteiger partial charge on any atom is -0.478 e. The van der Waals surface area contributed by atoms with Crippen LogP contribution < -0.4 is 4.72 Å². The summed E-state index contributed by atoms with van der Waals surface area (Å²) in [6.45, 7) is -1.91. The number of nitrogens with zero attached hydrogens (tertiary/aromatic N) is 1. The van der Waals surface area contributed by atoms with Gasteiger partial charge < -0.3 is 5.11 Å². The maximum atomic E-state index is 12.1. The molecule has 1 aromatic rings. The summed E-state index contributed by atoms with van der Waals surface area (Å²) in [5.74, 6) is -1.16. The van der Waals surface area contributed by atoms with Crippen LogP contribution in [0.2, 0.25) is 0 Å². The Bertz CT molecular complexity index is 673. The number of aromatic carboxylic acids is 1. The summed E-state index contributed by atoms with van der Waals surface area (Å²) < 4.78 is 62.0. The summed E-state index contributed by atoms with van der Waals surface area (Å²) in [6, 6.07) is 4.09. The maximum Gasteiger partial charge on any atom is 0.402 e. The van der Waals surface area contributed by atoms with Gasteiger partial charge in [-0.25, -0.2) is 4.79 Å². The fourth-order valence-corrected chi connectivity index (χ4v) is 3.08. The summed E-state index contributed by atoms with van der Waals surface area (Å²) in [4.78, 5) is 10.8. The molecule has 0 atom stereocenters. The van der Waals surface area contributed by atoms with Crippen LogP contribution >= 0.6 is 0 Å². The van der Waals surface area contributed by atoms with Gasteiger partial charge in [0.25, 0.3) is 10.2 Å². The molecule has 10 heteroatoms. The third-order valence-corrected chi connectivity index (χ3v) is 4.39. The largest absolute Gasteiger partial charge is 0.478 e. The van der Waals surface area contributed by atoms with Crippen LogP contribution in [0.4, 0.5) is 13.2 Å². The number of fused-ring (bicyclic) bond motifs is 1. The van der Waals surface area contributed by atoms with Gasteiger partial charge in [-0.2, -0.15) is 30.6 Å². The van der Waals surface area contributed by atoms with Gasteiger partial charge in [-0.3, -0.25) is 0 Å². The van der Waals surface area contributed by atoms with Gasteiger partial charge in [0.1, 0.15) is 6.54 Å². The van der Waals surface area contributed by atoms with Crippen LogP contribution in [0.5, 0.6) is 0 Å². The Morgan fingerprint density at radius 3 is 2.48 bits per heavy atom. The van der Waals surface area contributed by atoms with E-state index in [0.29, 0.717) is 11.1 Å². The Morgan fingerprint density at radius 1 is 1.29 bits per heavy atom. The molecule has 0 amide bonds. The molecule has 0 saturated carbocycles. The van der Waals surface area contributed by atoms with Crippen molar-refractivity contribution in [2.45, 2.75) is 19.3 Å². The summed E-state index contributed by atoms with van der Waals surface area (Å²) in [5.41, 5.74) is 1.03. The van der Waals surface area contributed by atoms with E-state index < -0.39 is 28.9 Å². The molecule has 0 aromatic heterocycles. The molecule has 0 bridgehead atoms. The first-order chi connectivity index (χ1) is 9.58. The van der Waals surface area contributed by atoms with Crippen molar-refractivity contribution in [3.05, 3.63) is 34.9 Å². The molecule has 1 aliphatic rings. The molecule has 6 nitrogen and oxygen atoms in total. The lowest BCUT2D eigenvalue weighted by molar-refractivity contribution is -0.121. The molecule has 21 heavy (non-hydrogen) atoms. The normalized spacial score (nSPS) is 16.0. The van der Waals surface area contributed by atoms with Crippen LogP contribution in [-0.2, 0) is 23.3 Å². The Balaban J connectivity index is 2.13. The zero-order valence-electron chi connectivity index (χ0n) is 10.5. The van der Waals surface area contributed by atoms with Crippen molar-refractivity contribution in [1.29, 1.82) is 0 Å². The van der Waals surface area contributed by atoms with Crippen molar-refractivity contribution in [2.75, 3.05) is 6.54 Å². The van der Waals surface area contributed by atoms with Gasteiger partial charge in [0, 0.05) is 13.1 Å². The number of carboxylic acids is 1. The van der Waals surface area contributed by atoms with Crippen LogP contribution in [0.25, 0.3) is 0 Å². The smallest absolute Gasteiger partial charge is 0.402 e. The van der Waals surface area contributed by atoms with Gasteiger partial charge in [-0.1, -0.05) is 6.07 Å². The number of hydrogen-bond donors (Lipinski definition) is 2. The van der Waals surface area contributed by atoms with E-state index in [1.807, 2.05) is 0 Å². The van der Waals surface area contributed by atoms with Gasteiger partial charge in [-0.05, 0) is 23.3 Å². The number of halogens is 3. The predicted octanol–water partition coefficient (Wildman–Crippen LogP) is 1.10. The Kier molecular flexibility index (Phi) is 3.95. The molecule has 0 aliphatic carbocycles. The lowest BCUT2D eigenvalue weighted by Crippen LogP contribution is -2.41. The standard InChI is InChI=1S/C11H11F3N2O4S/c12-11(13,14)6-15-21(19,20)16-4-8-2-1-7(10(17)18)3-9(8)5-16/h1-3,15H,4-6H2,(H,17,18). The number of carbonyl (C=O) groups is 1. The molecule has 0 unspecified atom stereocenters. The van der Waals surface area contributed by atoms with Gasteiger partial charge >= 0.3 is 12.1 Å². The molecular weight excluding hydrogens is 313 g/mol. The van der Waals surface area contributed by atoms with Gasteiger partial charge in [0.2, 0.25) is 0 Å². The van der Waals surface area contributed by atoms with Crippen LogP contribution in [0.1, 0.15) is 21.5 Å². The summed E-state index contributed by atoms with van der Waals surface area (Å²) in [7, 11) is -4.28. The van der Waals surface area contributed by atoms with E-state index in [9.17, 15) is 26.4 Å². The molecule has 2 N–H and O–H groups in total.